The van der Waals surface area contributed by atoms with Gasteiger partial charge in [-0.15, -0.1) is 0 Å². The molecule has 0 radical (unpaired) electrons. The maximum atomic E-state index is 13.7. The van der Waals surface area contributed by atoms with Crippen LogP contribution in [-0.2, 0) is 24.0 Å². The molecule has 0 atom stereocenters. The molecule has 4 nitrogen and oxygen atoms in total. The lowest BCUT2D eigenvalue weighted by Gasteiger charge is -2.25. The van der Waals surface area contributed by atoms with E-state index in [4.69, 9.17) is 4.84 Å². The van der Waals surface area contributed by atoms with Crippen LogP contribution in [0.2, 0.25) is 0 Å². The van der Waals surface area contributed by atoms with Crippen molar-refractivity contribution in [2.75, 3.05) is 0 Å². The van der Waals surface area contributed by atoms with Gasteiger partial charge < -0.3 is 9.94 Å². The van der Waals surface area contributed by atoms with Gasteiger partial charge in [-0.3, -0.25) is 0 Å². The second-order valence-corrected chi connectivity index (χ2v) is 8.24. The largest absolute Gasteiger partial charge is 0.478 e. The van der Waals surface area contributed by atoms with Crippen LogP contribution in [0.4, 0.5) is 13.2 Å². The van der Waals surface area contributed by atoms with E-state index in [1.807, 2.05) is 6.92 Å². The number of benzene rings is 2. The summed E-state index contributed by atoms with van der Waals surface area (Å²) in [6, 6.07) is 9.35. The minimum absolute atomic E-state index is 0.0443. The van der Waals surface area contributed by atoms with Crippen molar-refractivity contribution in [3.8, 4) is 0 Å². The van der Waals surface area contributed by atoms with E-state index in [2.05, 4.69) is 5.16 Å². The third kappa shape index (κ3) is 5.69. The predicted molar refractivity (Wildman–Crippen MR) is 117 cm³/mol. The molecule has 0 bridgehead atoms. The monoisotopic (exact) mass is 447 g/mol. The molecule has 0 aliphatic heterocycles. The Morgan fingerprint density at radius 2 is 1.84 bits per heavy atom. The van der Waals surface area contributed by atoms with Crippen LogP contribution in [0.3, 0.4) is 0 Å². The number of carboxylic acids is 1. The number of halogens is 3. The van der Waals surface area contributed by atoms with Crippen molar-refractivity contribution in [1.82, 2.24) is 0 Å². The number of carboxylic acid groups (broad SMARTS) is 1. The van der Waals surface area contributed by atoms with Crippen LogP contribution < -0.4 is 0 Å². The third-order valence-electron chi connectivity index (χ3n) is 6.04. The van der Waals surface area contributed by atoms with Crippen molar-refractivity contribution < 1.29 is 27.9 Å². The molecule has 0 amide bonds. The van der Waals surface area contributed by atoms with Crippen LogP contribution >= 0.6 is 0 Å². The van der Waals surface area contributed by atoms with Gasteiger partial charge in [-0.05, 0) is 72.6 Å². The Morgan fingerprint density at radius 3 is 2.47 bits per heavy atom. The first-order valence-corrected chi connectivity index (χ1v) is 10.9. The fraction of sp³-hybridized carbons (Fsp3) is 0.440. The minimum atomic E-state index is -4.41. The molecule has 2 aromatic carbocycles. The van der Waals surface area contributed by atoms with Crippen molar-refractivity contribution in [3.05, 3.63) is 69.8 Å². The quantitative estimate of drug-likeness (QED) is 0.369. The van der Waals surface area contributed by atoms with E-state index >= 15 is 0 Å². The van der Waals surface area contributed by atoms with Gasteiger partial charge in [-0.2, -0.15) is 13.2 Å². The van der Waals surface area contributed by atoms with Crippen LogP contribution in [0.25, 0.3) is 0 Å². The smallest absolute Gasteiger partial charge is 0.416 e. The summed E-state index contributed by atoms with van der Waals surface area (Å²) in [4.78, 5) is 16.6. The zero-order valence-electron chi connectivity index (χ0n) is 18.3. The minimum Gasteiger partial charge on any atom is -0.478 e. The van der Waals surface area contributed by atoms with Gasteiger partial charge in [0.05, 0.1) is 16.8 Å². The van der Waals surface area contributed by atoms with Crippen LogP contribution in [0.5, 0.6) is 0 Å². The molecule has 172 valence electrons. The van der Waals surface area contributed by atoms with Gasteiger partial charge in [-0.25, -0.2) is 4.79 Å². The van der Waals surface area contributed by atoms with E-state index in [1.54, 1.807) is 31.2 Å². The summed E-state index contributed by atoms with van der Waals surface area (Å²) in [6.45, 7) is 3.49. The average Bonchev–Trinajstić information content (AvgIpc) is 2.78. The lowest BCUT2D eigenvalue weighted by atomic mass is 9.81. The molecule has 7 heteroatoms. The molecule has 1 saturated carbocycles. The van der Waals surface area contributed by atoms with E-state index in [1.165, 1.54) is 12.1 Å². The summed E-state index contributed by atoms with van der Waals surface area (Å²) in [5.74, 6) is -1.03. The van der Waals surface area contributed by atoms with E-state index in [0.29, 0.717) is 34.4 Å². The first kappa shape index (κ1) is 23.8. The van der Waals surface area contributed by atoms with E-state index in [0.717, 1.165) is 32.1 Å². The van der Waals surface area contributed by atoms with Crippen molar-refractivity contribution in [3.63, 3.8) is 0 Å². The average molecular weight is 447 g/mol. The molecule has 1 N–H and O–H groups in total. The maximum Gasteiger partial charge on any atom is 0.416 e. The lowest BCUT2D eigenvalue weighted by molar-refractivity contribution is -0.138. The Labute approximate surface area is 186 Å². The highest BCUT2D eigenvalue weighted by Crippen LogP contribution is 2.41. The van der Waals surface area contributed by atoms with Gasteiger partial charge in [-0.1, -0.05) is 49.5 Å². The second-order valence-electron chi connectivity index (χ2n) is 8.24. The van der Waals surface area contributed by atoms with Crippen LogP contribution in [-0.4, -0.2) is 16.8 Å². The van der Waals surface area contributed by atoms with E-state index < -0.39 is 17.7 Å². The molecule has 0 heterocycles. The van der Waals surface area contributed by atoms with Gasteiger partial charge >= 0.3 is 12.1 Å². The molecule has 0 saturated heterocycles. The summed E-state index contributed by atoms with van der Waals surface area (Å²) < 4.78 is 41.1. The number of aryl methyl sites for hydroxylation is 1. The topological polar surface area (TPSA) is 58.9 Å². The van der Waals surface area contributed by atoms with Crippen molar-refractivity contribution in [1.29, 1.82) is 0 Å². The maximum absolute atomic E-state index is 13.7. The number of hydrogen-bond acceptors (Lipinski definition) is 3. The van der Waals surface area contributed by atoms with Crippen LogP contribution in [0.15, 0.2) is 41.6 Å². The fourth-order valence-corrected chi connectivity index (χ4v) is 4.28. The lowest BCUT2D eigenvalue weighted by Crippen LogP contribution is -2.15. The Kier molecular flexibility index (Phi) is 7.59. The van der Waals surface area contributed by atoms with Crippen LogP contribution in [0.1, 0.15) is 90.0 Å². The normalized spacial score (nSPS) is 15.6. The molecule has 0 unspecified atom stereocenters. The molecule has 0 aromatic heterocycles. The summed E-state index contributed by atoms with van der Waals surface area (Å²) in [7, 11) is 0. The summed E-state index contributed by atoms with van der Waals surface area (Å²) in [5, 5.41) is 13.3. The van der Waals surface area contributed by atoms with Gasteiger partial charge in [0.2, 0.25) is 0 Å². The number of nitrogens with zero attached hydrogens (tertiary/aromatic N) is 1. The third-order valence-corrected chi connectivity index (χ3v) is 6.04. The second kappa shape index (κ2) is 10.2. The number of carbonyl (C=O) groups is 1. The summed E-state index contributed by atoms with van der Waals surface area (Å²) in [6.07, 6.45) is 0.745. The number of oxime groups is 1. The zero-order valence-corrected chi connectivity index (χ0v) is 18.3. The first-order valence-electron chi connectivity index (χ1n) is 10.9. The van der Waals surface area contributed by atoms with Gasteiger partial charge in [0.25, 0.3) is 0 Å². The Hall–Kier alpha value is -2.83. The van der Waals surface area contributed by atoms with E-state index in [9.17, 15) is 23.1 Å². The van der Waals surface area contributed by atoms with Crippen molar-refractivity contribution in [2.24, 2.45) is 5.16 Å². The molecule has 3 rings (SSSR count). The molecular weight excluding hydrogens is 419 g/mol. The standard InChI is InChI=1S/C25H28F3NO3/c1-3-18-14-20(10-12-22(18)24(30)31)16(2)29-32-15-17-9-11-21(19-7-5-4-6-8-19)23(13-17)25(26,27)28/h9-14,19H,3-8,15H2,1-2H3,(H,30,31). The number of alkyl halides is 3. The molecule has 2 aromatic rings. The highest BCUT2D eigenvalue weighted by molar-refractivity contribution is 6.00. The zero-order chi connectivity index (χ0) is 23.3. The van der Waals surface area contributed by atoms with Crippen molar-refractivity contribution >= 4 is 11.7 Å². The van der Waals surface area contributed by atoms with Crippen molar-refractivity contribution in [2.45, 2.75) is 71.1 Å². The molecule has 32 heavy (non-hydrogen) atoms. The van der Waals surface area contributed by atoms with Gasteiger partial charge in [0, 0.05) is 0 Å². The Balaban J connectivity index is 1.75. The number of rotatable bonds is 7. The fourth-order valence-electron chi connectivity index (χ4n) is 4.28. The summed E-state index contributed by atoms with van der Waals surface area (Å²) in [5.41, 5.74) is 2.35. The molecule has 1 fully saturated rings. The Morgan fingerprint density at radius 1 is 1.12 bits per heavy atom. The van der Waals surface area contributed by atoms with E-state index in [-0.39, 0.29) is 18.1 Å². The van der Waals surface area contributed by atoms with Gasteiger partial charge in [0.15, 0.2) is 0 Å². The van der Waals surface area contributed by atoms with Gasteiger partial charge in [0.1, 0.15) is 6.61 Å². The number of hydrogen-bond donors (Lipinski definition) is 1. The molecule has 1 aliphatic carbocycles. The molecular formula is C25H28F3NO3. The van der Waals surface area contributed by atoms with Crippen LogP contribution in [0, 0.1) is 0 Å². The SMILES string of the molecule is CCc1cc(C(C)=NOCc2ccc(C3CCCCC3)c(C(F)(F)F)c2)ccc1C(=O)O. The Bertz CT molecular complexity index is 992. The highest BCUT2D eigenvalue weighted by atomic mass is 19.4. The summed E-state index contributed by atoms with van der Waals surface area (Å²) >= 11 is 0. The highest BCUT2D eigenvalue weighted by Gasteiger charge is 2.35. The molecule has 1 aliphatic rings. The predicted octanol–water partition coefficient (Wildman–Crippen LogP) is 6.95. The first-order chi connectivity index (χ1) is 15.2. The number of aromatic carboxylic acids is 1. The molecule has 0 spiro atoms.